The molecule has 3 aromatic carbocycles. The summed E-state index contributed by atoms with van der Waals surface area (Å²) in [4.78, 5) is 10.8. The zero-order valence-electron chi connectivity index (χ0n) is 11.5. The van der Waals surface area contributed by atoms with Crippen LogP contribution in [0.15, 0.2) is 54.6 Å². The van der Waals surface area contributed by atoms with Gasteiger partial charge in [0.05, 0.1) is 7.11 Å². The van der Waals surface area contributed by atoms with Crippen molar-refractivity contribution < 1.29 is 13.9 Å². The Kier molecular flexibility index (Phi) is 3.40. The van der Waals surface area contributed by atoms with Crippen LogP contribution in [0.4, 0.5) is 4.39 Å². The highest BCUT2D eigenvalue weighted by molar-refractivity contribution is 5.89. The first-order chi connectivity index (χ1) is 10.2. The molecule has 0 radical (unpaired) electrons. The molecule has 3 heteroatoms. The zero-order valence-corrected chi connectivity index (χ0v) is 11.5. The van der Waals surface area contributed by atoms with Gasteiger partial charge in [-0.05, 0) is 52.7 Å². The fourth-order valence-corrected chi connectivity index (χ4v) is 2.36. The summed E-state index contributed by atoms with van der Waals surface area (Å²) in [6, 6.07) is 15.7. The smallest absolute Gasteiger partial charge is 0.150 e. The molecule has 2 nitrogen and oxygen atoms in total. The quantitative estimate of drug-likeness (QED) is 0.662. The maximum absolute atomic E-state index is 14.0. The Morgan fingerprint density at radius 2 is 1.71 bits per heavy atom. The average molecular weight is 280 g/mol. The molecule has 3 rings (SSSR count). The van der Waals surface area contributed by atoms with Gasteiger partial charge >= 0.3 is 0 Å². The predicted molar refractivity (Wildman–Crippen MR) is 81.3 cm³/mol. The molecule has 0 N–H and O–H groups in total. The lowest BCUT2D eigenvalue weighted by Crippen LogP contribution is -1.88. The molecule has 0 saturated carbocycles. The van der Waals surface area contributed by atoms with Gasteiger partial charge in [-0.25, -0.2) is 4.39 Å². The highest BCUT2D eigenvalue weighted by Gasteiger charge is 2.07. The van der Waals surface area contributed by atoms with Gasteiger partial charge in [-0.2, -0.15) is 0 Å². The van der Waals surface area contributed by atoms with Crippen molar-refractivity contribution in [2.24, 2.45) is 0 Å². The number of aldehydes is 1. The van der Waals surface area contributed by atoms with Gasteiger partial charge in [0.25, 0.3) is 0 Å². The molecule has 3 aromatic rings. The number of carbonyl (C=O) groups excluding carboxylic acids is 1. The molecule has 0 aliphatic rings. The molecule has 0 fully saturated rings. The van der Waals surface area contributed by atoms with Gasteiger partial charge in [0, 0.05) is 11.1 Å². The number of ether oxygens (including phenoxy) is 1. The van der Waals surface area contributed by atoms with Crippen LogP contribution in [0.3, 0.4) is 0 Å². The van der Waals surface area contributed by atoms with E-state index in [-0.39, 0.29) is 5.82 Å². The Morgan fingerprint density at radius 1 is 0.952 bits per heavy atom. The molecule has 0 saturated heterocycles. The number of methoxy groups -OCH3 is 1. The topological polar surface area (TPSA) is 26.3 Å². The number of benzene rings is 3. The minimum absolute atomic E-state index is 0.339. The first kappa shape index (κ1) is 13.3. The summed E-state index contributed by atoms with van der Waals surface area (Å²) in [7, 11) is 1.62. The monoisotopic (exact) mass is 280 g/mol. The van der Waals surface area contributed by atoms with Crippen molar-refractivity contribution in [2.75, 3.05) is 7.11 Å². The minimum Gasteiger partial charge on any atom is -0.497 e. The van der Waals surface area contributed by atoms with Crippen molar-refractivity contribution in [2.45, 2.75) is 0 Å². The Bertz CT molecular complexity index is 825. The number of rotatable bonds is 3. The lowest BCUT2D eigenvalue weighted by atomic mass is 9.99. The fourth-order valence-electron chi connectivity index (χ4n) is 2.36. The number of halogens is 1. The highest BCUT2D eigenvalue weighted by Crippen LogP contribution is 2.29. The van der Waals surface area contributed by atoms with Crippen molar-refractivity contribution in [3.8, 4) is 16.9 Å². The molecular formula is C18H13FO2. The van der Waals surface area contributed by atoms with E-state index in [0.29, 0.717) is 11.1 Å². The number of hydrogen-bond acceptors (Lipinski definition) is 2. The highest BCUT2D eigenvalue weighted by atomic mass is 19.1. The summed E-state index contributed by atoms with van der Waals surface area (Å²) >= 11 is 0. The van der Waals surface area contributed by atoms with Crippen molar-refractivity contribution in [3.63, 3.8) is 0 Å². The predicted octanol–water partition coefficient (Wildman–Crippen LogP) is 4.47. The molecule has 0 unspecified atom stereocenters. The lowest BCUT2D eigenvalue weighted by molar-refractivity contribution is 0.112. The van der Waals surface area contributed by atoms with E-state index in [0.717, 1.165) is 28.4 Å². The summed E-state index contributed by atoms with van der Waals surface area (Å²) in [5.41, 5.74) is 1.63. The minimum atomic E-state index is -0.339. The standard InChI is InChI=1S/C18H13FO2/c1-21-16-6-5-13-9-15(4-3-14(13)10-16)17-8-12(11-20)2-7-18(17)19/h2-11H,1H3. The Hall–Kier alpha value is -2.68. The fraction of sp³-hybridized carbons (Fsp3) is 0.0556. The van der Waals surface area contributed by atoms with E-state index >= 15 is 0 Å². The third kappa shape index (κ3) is 2.50. The van der Waals surface area contributed by atoms with E-state index < -0.39 is 0 Å². The van der Waals surface area contributed by atoms with Crippen LogP contribution in [-0.4, -0.2) is 13.4 Å². The van der Waals surface area contributed by atoms with E-state index in [1.807, 2.05) is 36.4 Å². The Labute approximate surface area is 121 Å². The van der Waals surface area contributed by atoms with Gasteiger partial charge in [-0.3, -0.25) is 4.79 Å². The van der Waals surface area contributed by atoms with Crippen LogP contribution in [0, 0.1) is 5.82 Å². The molecule has 0 spiro atoms. The second kappa shape index (κ2) is 5.37. The van der Waals surface area contributed by atoms with Gasteiger partial charge in [-0.1, -0.05) is 18.2 Å². The molecular weight excluding hydrogens is 267 g/mol. The van der Waals surface area contributed by atoms with Crippen LogP contribution in [0.5, 0.6) is 5.75 Å². The molecule has 0 aliphatic carbocycles. The van der Waals surface area contributed by atoms with Crippen LogP contribution in [0.1, 0.15) is 10.4 Å². The van der Waals surface area contributed by atoms with Gasteiger partial charge in [0.1, 0.15) is 17.9 Å². The summed E-state index contributed by atoms with van der Waals surface area (Å²) in [5, 5.41) is 2.01. The van der Waals surface area contributed by atoms with Crippen LogP contribution >= 0.6 is 0 Å². The van der Waals surface area contributed by atoms with Gasteiger partial charge < -0.3 is 4.74 Å². The first-order valence-corrected chi connectivity index (χ1v) is 6.54. The molecule has 0 amide bonds. The SMILES string of the molecule is COc1ccc2cc(-c3cc(C=O)ccc3F)ccc2c1. The van der Waals surface area contributed by atoms with Crippen LogP contribution in [-0.2, 0) is 0 Å². The zero-order chi connectivity index (χ0) is 14.8. The third-order valence-corrected chi connectivity index (χ3v) is 3.48. The molecule has 0 atom stereocenters. The number of fused-ring (bicyclic) bond motifs is 1. The van der Waals surface area contributed by atoms with E-state index in [2.05, 4.69) is 0 Å². The molecule has 0 aromatic heterocycles. The summed E-state index contributed by atoms with van der Waals surface area (Å²) < 4.78 is 19.2. The molecule has 0 heterocycles. The second-order valence-electron chi connectivity index (χ2n) is 4.78. The van der Waals surface area contributed by atoms with Crippen LogP contribution in [0.2, 0.25) is 0 Å². The summed E-state index contributed by atoms with van der Waals surface area (Å²) in [6.07, 6.45) is 0.717. The molecule has 21 heavy (non-hydrogen) atoms. The Morgan fingerprint density at radius 3 is 2.48 bits per heavy atom. The van der Waals surface area contributed by atoms with Crippen molar-refractivity contribution in [3.05, 3.63) is 66.0 Å². The van der Waals surface area contributed by atoms with E-state index in [9.17, 15) is 9.18 Å². The van der Waals surface area contributed by atoms with Crippen molar-refractivity contribution in [1.29, 1.82) is 0 Å². The first-order valence-electron chi connectivity index (χ1n) is 6.54. The largest absolute Gasteiger partial charge is 0.497 e. The van der Waals surface area contributed by atoms with Crippen LogP contribution < -0.4 is 4.74 Å². The number of hydrogen-bond donors (Lipinski definition) is 0. The Balaban J connectivity index is 2.15. The normalized spacial score (nSPS) is 10.6. The van der Waals surface area contributed by atoms with Gasteiger partial charge in [0.15, 0.2) is 0 Å². The molecule has 0 aliphatic heterocycles. The second-order valence-corrected chi connectivity index (χ2v) is 4.78. The van der Waals surface area contributed by atoms with Crippen molar-refractivity contribution in [1.82, 2.24) is 0 Å². The lowest BCUT2D eigenvalue weighted by Gasteiger charge is -2.07. The van der Waals surface area contributed by atoms with Crippen LogP contribution in [0.25, 0.3) is 21.9 Å². The maximum atomic E-state index is 14.0. The van der Waals surface area contributed by atoms with Crippen molar-refractivity contribution >= 4 is 17.1 Å². The number of carbonyl (C=O) groups is 1. The average Bonchev–Trinajstić information content (AvgIpc) is 2.54. The van der Waals surface area contributed by atoms with E-state index in [1.54, 1.807) is 13.2 Å². The van der Waals surface area contributed by atoms with Gasteiger partial charge in [0.2, 0.25) is 0 Å². The molecule has 104 valence electrons. The van der Waals surface area contributed by atoms with Gasteiger partial charge in [-0.15, -0.1) is 0 Å². The van der Waals surface area contributed by atoms with E-state index in [4.69, 9.17) is 4.74 Å². The maximum Gasteiger partial charge on any atom is 0.150 e. The summed E-state index contributed by atoms with van der Waals surface area (Å²) in [6.45, 7) is 0. The third-order valence-electron chi connectivity index (χ3n) is 3.48. The summed E-state index contributed by atoms with van der Waals surface area (Å²) in [5.74, 6) is 0.442. The van der Waals surface area contributed by atoms with E-state index in [1.165, 1.54) is 12.1 Å². The molecule has 0 bridgehead atoms.